The highest BCUT2D eigenvalue weighted by Gasteiger charge is 2.20. The minimum absolute atomic E-state index is 0.0947. The number of non-ortho nitro benzene ring substituents is 1. The molecule has 0 amide bonds. The smallest absolute Gasteiger partial charge is 0.269 e. The van der Waals surface area contributed by atoms with Gasteiger partial charge in [-0.25, -0.2) is 0 Å². The van der Waals surface area contributed by atoms with E-state index in [-0.39, 0.29) is 10.6 Å². The summed E-state index contributed by atoms with van der Waals surface area (Å²) in [5.74, 6) is 1.47. The second-order valence-corrected chi connectivity index (χ2v) is 6.09. The Morgan fingerprint density at radius 2 is 2.15 bits per heavy atom. The van der Waals surface area contributed by atoms with Gasteiger partial charge in [-0.3, -0.25) is 10.1 Å². The normalized spacial score (nSPS) is 22.7. The molecular weight excluding hydrogens is 276 g/mol. The number of halogens is 1. The number of nitro benzene ring substituents is 1. The Morgan fingerprint density at radius 1 is 1.40 bits per heavy atom. The maximum atomic E-state index is 10.8. The monoisotopic (exact) mass is 296 g/mol. The van der Waals surface area contributed by atoms with Crippen molar-refractivity contribution >= 4 is 17.3 Å². The van der Waals surface area contributed by atoms with Crippen molar-refractivity contribution in [1.29, 1.82) is 0 Å². The summed E-state index contributed by atoms with van der Waals surface area (Å²) >= 11 is 6.09. The Bertz CT molecular complexity index is 479. The molecule has 0 heterocycles. The third-order valence-electron chi connectivity index (χ3n) is 4.25. The summed E-state index contributed by atoms with van der Waals surface area (Å²) in [5, 5.41) is 14.8. The first-order valence-electron chi connectivity index (χ1n) is 7.21. The fourth-order valence-electron chi connectivity index (χ4n) is 2.90. The van der Waals surface area contributed by atoms with Crippen LogP contribution in [-0.2, 0) is 6.54 Å². The summed E-state index contributed by atoms with van der Waals surface area (Å²) in [4.78, 5) is 10.4. The Labute approximate surface area is 124 Å². The number of nitro groups is 1. The molecule has 1 aliphatic carbocycles. The van der Waals surface area contributed by atoms with Crippen LogP contribution in [0.1, 0.15) is 38.2 Å². The first kappa shape index (κ1) is 15.3. The van der Waals surface area contributed by atoms with E-state index < -0.39 is 0 Å². The van der Waals surface area contributed by atoms with Crippen molar-refractivity contribution in [2.45, 2.75) is 39.2 Å². The maximum absolute atomic E-state index is 10.8. The zero-order valence-corrected chi connectivity index (χ0v) is 12.5. The third kappa shape index (κ3) is 3.93. The molecular formula is C15H21ClN2O2. The number of hydrogen-bond donors (Lipinski definition) is 1. The molecule has 0 spiro atoms. The molecule has 1 aromatic carbocycles. The van der Waals surface area contributed by atoms with Gasteiger partial charge in [-0.05, 0) is 36.4 Å². The van der Waals surface area contributed by atoms with Crippen LogP contribution in [-0.4, -0.2) is 11.5 Å². The van der Waals surface area contributed by atoms with Crippen LogP contribution in [0, 0.1) is 22.0 Å². The van der Waals surface area contributed by atoms with Gasteiger partial charge in [0, 0.05) is 23.7 Å². The second kappa shape index (κ2) is 7.04. The van der Waals surface area contributed by atoms with Gasteiger partial charge in [0.25, 0.3) is 5.69 Å². The molecule has 1 aliphatic rings. The summed E-state index contributed by atoms with van der Waals surface area (Å²) < 4.78 is 0. The summed E-state index contributed by atoms with van der Waals surface area (Å²) in [6.07, 6.45) is 5.24. The quantitative estimate of drug-likeness (QED) is 0.655. The SMILES string of the molecule is CC1CCCCC1CNCc1cc([N+](=O)[O-])ccc1Cl. The highest BCUT2D eigenvalue weighted by molar-refractivity contribution is 6.31. The molecule has 2 unspecified atom stereocenters. The zero-order valence-electron chi connectivity index (χ0n) is 11.8. The van der Waals surface area contributed by atoms with Gasteiger partial charge in [0.15, 0.2) is 0 Å². The lowest BCUT2D eigenvalue weighted by Gasteiger charge is -2.28. The first-order chi connectivity index (χ1) is 9.58. The van der Waals surface area contributed by atoms with E-state index in [4.69, 9.17) is 11.6 Å². The van der Waals surface area contributed by atoms with Gasteiger partial charge < -0.3 is 5.32 Å². The van der Waals surface area contributed by atoms with Gasteiger partial charge in [0.05, 0.1) is 4.92 Å². The lowest BCUT2D eigenvalue weighted by molar-refractivity contribution is -0.384. The standard InChI is InChI=1S/C15H21ClN2O2/c1-11-4-2-3-5-12(11)9-17-10-13-8-14(18(19)20)6-7-15(13)16/h6-8,11-12,17H,2-5,9-10H2,1H3. The number of rotatable bonds is 5. The maximum Gasteiger partial charge on any atom is 0.269 e. The molecule has 0 aromatic heterocycles. The number of nitrogens with one attached hydrogen (secondary N) is 1. The number of hydrogen-bond acceptors (Lipinski definition) is 3. The predicted octanol–water partition coefficient (Wildman–Crippen LogP) is 4.16. The van der Waals surface area contributed by atoms with Gasteiger partial charge in [-0.15, -0.1) is 0 Å². The molecule has 2 atom stereocenters. The van der Waals surface area contributed by atoms with Crippen LogP contribution < -0.4 is 5.32 Å². The minimum atomic E-state index is -0.386. The average Bonchev–Trinajstić information content (AvgIpc) is 2.42. The molecule has 2 rings (SSSR count). The topological polar surface area (TPSA) is 55.2 Å². The fraction of sp³-hybridized carbons (Fsp3) is 0.600. The van der Waals surface area contributed by atoms with Gasteiger partial charge in [0.1, 0.15) is 0 Å². The molecule has 110 valence electrons. The van der Waals surface area contributed by atoms with Crippen molar-refractivity contribution in [1.82, 2.24) is 5.32 Å². The molecule has 0 saturated heterocycles. The van der Waals surface area contributed by atoms with E-state index in [2.05, 4.69) is 12.2 Å². The van der Waals surface area contributed by atoms with E-state index in [0.29, 0.717) is 17.5 Å². The van der Waals surface area contributed by atoms with Crippen molar-refractivity contribution in [3.63, 3.8) is 0 Å². The highest BCUT2D eigenvalue weighted by atomic mass is 35.5. The van der Waals surface area contributed by atoms with Crippen LogP contribution in [0.15, 0.2) is 18.2 Å². The summed E-state index contributed by atoms with van der Waals surface area (Å²) in [7, 11) is 0. The van der Waals surface area contributed by atoms with Crippen LogP contribution in [0.4, 0.5) is 5.69 Å². The molecule has 20 heavy (non-hydrogen) atoms. The molecule has 1 N–H and O–H groups in total. The molecule has 5 heteroatoms. The van der Waals surface area contributed by atoms with E-state index in [1.54, 1.807) is 12.1 Å². The highest BCUT2D eigenvalue weighted by Crippen LogP contribution is 2.29. The molecule has 1 saturated carbocycles. The van der Waals surface area contributed by atoms with Gasteiger partial charge in [0.2, 0.25) is 0 Å². The van der Waals surface area contributed by atoms with Gasteiger partial charge in [-0.2, -0.15) is 0 Å². The Hall–Kier alpha value is -1.13. The van der Waals surface area contributed by atoms with Crippen molar-refractivity contribution in [2.24, 2.45) is 11.8 Å². The Kier molecular flexibility index (Phi) is 5.38. The molecule has 0 bridgehead atoms. The van der Waals surface area contributed by atoms with Crippen molar-refractivity contribution < 1.29 is 4.92 Å². The van der Waals surface area contributed by atoms with Crippen molar-refractivity contribution in [3.05, 3.63) is 38.9 Å². The second-order valence-electron chi connectivity index (χ2n) is 5.69. The summed E-state index contributed by atoms with van der Waals surface area (Å²) in [6.45, 7) is 3.86. The molecule has 0 radical (unpaired) electrons. The summed E-state index contributed by atoms with van der Waals surface area (Å²) in [5.41, 5.74) is 0.890. The number of nitrogens with zero attached hydrogens (tertiary/aromatic N) is 1. The summed E-state index contributed by atoms with van der Waals surface area (Å²) in [6, 6.07) is 4.59. The Balaban J connectivity index is 1.90. The van der Waals surface area contributed by atoms with Crippen LogP contribution in [0.25, 0.3) is 0 Å². The molecule has 1 fully saturated rings. The van der Waals surface area contributed by atoms with Crippen molar-refractivity contribution in [3.8, 4) is 0 Å². The third-order valence-corrected chi connectivity index (χ3v) is 4.62. The van der Waals surface area contributed by atoms with Gasteiger partial charge >= 0.3 is 0 Å². The Morgan fingerprint density at radius 3 is 2.85 bits per heavy atom. The first-order valence-corrected chi connectivity index (χ1v) is 7.59. The van der Waals surface area contributed by atoms with E-state index in [9.17, 15) is 10.1 Å². The lowest BCUT2D eigenvalue weighted by atomic mass is 9.80. The van der Waals surface area contributed by atoms with Crippen LogP contribution in [0.3, 0.4) is 0 Å². The van der Waals surface area contributed by atoms with Crippen LogP contribution in [0.5, 0.6) is 0 Å². The minimum Gasteiger partial charge on any atom is -0.312 e. The average molecular weight is 297 g/mol. The molecule has 4 nitrogen and oxygen atoms in total. The number of benzene rings is 1. The van der Waals surface area contributed by atoms with Crippen LogP contribution in [0.2, 0.25) is 5.02 Å². The largest absolute Gasteiger partial charge is 0.312 e. The predicted molar refractivity (Wildman–Crippen MR) is 80.9 cm³/mol. The van der Waals surface area contributed by atoms with Crippen molar-refractivity contribution in [2.75, 3.05) is 6.54 Å². The van der Waals surface area contributed by atoms with E-state index in [1.807, 2.05) is 0 Å². The zero-order chi connectivity index (χ0) is 14.5. The van der Waals surface area contributed by atoms with E-state index in [1.165, 1.54) is 31.7 Å². The lowest BCUT2D eigenvalue weighted by Crippen LogP contribution is -2.29. The fourth-order valence-corrected chi connectivity index (χ4v) is 3.08. The van der Waals surface area contributed by atoms with Gasteiger partial charge in [-0.1, -0.05) is 37.8 Å². The van der Waals surface area contributed by atoms with Crippen LogP contribution >= 0.6 is 11.6 Å². The molecule has 0 aliphatic heterocycles. The van der Waals surface area contributed by atoms with E-state index in [0.717, 1.165) is 18.0 Å². The van der Waals surface area contributed by atoms with E-state index >= 15 is 0 Å². The molecule has 1 aromatic rings.